The topological polar surface area (TPSA) is 87.0 Å². The van der Waals surface area contributed by atoms with Crippen LogP contribution in [0.5, 0.6) is 0 Å². The Kier molecular flexibility index (Phi) is 4.31. The van der Waals surface area contributed by atoms with E-state index in [9.17, 15) is 8.42 Å². The van der Waals surface area contributed by atoms with Gasteiger partial charge in [-0.3, -0.25) is 4.98 Å². The summed E-state index contributed by atoms with van der Waals surface area (Å²) in [5, 5.41) is 8.98. The lowest BCUT2D eigenvalue weighted by molar-refractivity contribution is 0.461. The first-order valence-electron chi connectivity index (χ1n) is 6.19. The normalized spacial score (nSPS) is 11.3. The number of aryl methyl sites for hydroxylation is 1. The summed E-state index contributed by atoms with van der Waals surface area (Å²) in [6.45, 7) is 1.97. The third-order valence-corrected chi connectivity index (χ3v) is 4.73. The summed E-state index contributed by atoms with van der Waals surface area (Å²) >= 11 is 0. The van der Waals surface area contributed by atoms with E-state index in [0.717, 1.165) is 10.00 Å². The van der Waals surface area contributed by atoms with Crippen LogP contribution in [0, 0.1) is 18.3 Å². The molecular formula is C14H14N4O2S. The van der Waals surface area contributed by atoms with Gasteiger partial charge in [0, 0.05) is 18.9 Å². The number of sulfonamides is 1. The molecule has 2 aromatic heterocycles. The first-order valence-corrected chi connectivity index (χ1v) is 7.63. The molecule has 0 aromatic carbocycles. The van der Waals surface area contributed by atoms with Crippen LogP contribution >= 0.6 is 0 Å². The molecular weight excluding hydrogens is 288 g/mol. The summed E-state index contributed by atoms with van der Waals surface area (Å²) < 4.78 is 26.2. The molecule has 21 heavy (non-hydrogen) atoms. The van der Waals surface area contributed by atoms with Crippen molar-refractivity contribution in [2.45, 2.75) is 18.4 Å². The van der Waals surface area contributed by atoms with Gasteiger partial charge < -0.3 is 0 Å². The molecule has 0 aliphatic rings. The third-order valence-electron chi connectivity index (χ3n) is 2.90. The Morgan fingerprint density at radius 3 is 2.71 bits per heavy atom. The summed E-state index contributed by atoms with van der Waals surface area (Å²) in [4.78, 5) is 7.97. The van der Waals surface area contributed by atoms with Crippen LogP contribution < -0.4 is 0 Å². The van der Waals surface area contributed by atoms with Crippen molar-refractivity contribution in [3.05, 3.63) is 53.6 Å². The monoisotopic (exact) mass is 302 g/mol. The molecule has 0 aliphatic heterocycles. The van der Waals surface area contributed by atoms with Crippen LogP contribution in [-0.4, -0.2) is 29.7 Å². The van der Waals surface area contributed by atoms with Gasteiger partial charge in [0.05, 0.1) is 12.2 Å². The fourth-order valence-corrected chi connectivity index (χ4v) is 3.08. The number of hydrogen-bond donors (Lipinski definition) is 0. The van der Waals surface area contributed by atoms with E-state index < -0.39 is 10.0 Å². The summed E-state index contributed by atoms with van der Waals surface area (Å²) in [7, 11) is -2.33. The zero-order valence-corrected chi connectivity index (χ0v) is 12.5. The van der Waals surface area contributed by atoms with Crippen molar-refractivity contribution in [3.63, 3.8) is 0 Å². The average Bonchev–Trinajstić information content (AvgIpc) is 2.47. The van der Waals surface area contributed by atoms with Crippen molar-refractivity contribution in [1.82, 2.24) is 14.3 Å². The fraction of sp³-hybridized carbons (Fsp3) is 0.214. The van der Waals surface area contributed by atoms with Crippen LogP contribution in [0.15, 0.2) is 41.4 Å². The Bertz CT molecular complexity index is 797. The zero-order chi connectivity index (χ0) is 15.5. The lowest BCUT2D eigenvalue weighted by Crippen LogP contribution is -2.27. The smallest absolute Gasteiger partial charge is 0.246 e. The van der Waals surface area contributed by atoms with E-state index in [-0.39, 0.29) is 17.1 Å². The van der Waals surface area contributed by atoms with Gasteiger partial charge in [0.2, 0.25) is 10.0 Å². The number of nitriles is 1. The predicted octanol–water partition coefficient (Wildman–Crippen LogP) is 1.48. The molecule has 0 radical (unpaired) electrons. The second-order valence-corrected chi connectivity index (χ2v) is 6.51. The van der Waals surface area contributed by atoms with E-state index in [1.54, 1.807) is 12.1 Å². The Balaban J connectivity index is 2.33. The summed E-state index contributed by atoms with van der Waals surface area (Å²) in [6.07, 6.45) is 1.39. The van der Waals surface area contributed by atoms with Crippen molar-refractivity contribution in [2.24, 2.45) is 0 Å². The molecule has 0 bridgehead atoms. The Morgan fingerprint density at radius 2 is 2.05 bits per heavy atom. The molecule has 0 saturated carbocycles. The van der Waals surface area contributed by atoms with E-state index in [2.05, 4.69) is 9.97 Å². The van der Waals surface area contributed by atoms with E-state index >= 15 is 0 Å². The van der Waals surface area contributed by atoms with Gasteiger partial charge in [-0.2, -0.15) is 9.57 Å². The molecule has 0 spiro atoms. The SMILES string of the molecule is Cc1cccc(CN(C)S(=O)(=O)c2cccnc2C#N)n1. The second-order valence-electron chi connectivity index (χ2n) is 4.49. The van der Waals surface area contributed by atoms with Crippen LogP contribution in [0.4, 0.5) is 0 Å². The summed E-state index contributed by atoms with van der Waals surface area (Å²) in [6, 6.07) is 10.1. The molecule has 0 amide bonds. The molecule has 2 rings (SSSR count). The predicted molar refractivity (Wildman–Crippen MR) is 76.6 cm³/mol. The molecule has 2 heterocycles. The van der Waals surface area contributed by atoms with Gasteiger partial charge in [-0.05, 0) is 31.2 Å². The highest BCUT2D eigenvalue weighted by molar-refractivity contribution is 7.89. The standard InChI is InChI=1S/C14H14N4O2S/c1-11-5-3-6-12(17-11)10-18(2)21(19,20)14-7-4-8-16-13(14)9-15/h3-8H,10H2,1-2H3. The molecule has 0 aliphatic carbocycles. The van der Waals surface area contributed by atoms with Crippen molar-refractivity contribution in [1.29, 1.82) is 5.26 Å². The van der Waals surface area contributed by atoms with E-state index in [1.807, 2.05) is 19.1 Å². The minimum Gasteiger partial charge on any atom is -0.257 e. The number of rotatable bonds is 4. The van der Waals surface area contributed by atoms with E-state index in [1.165, 1.54) is 25.4 Å². The van der Waals surface area contributed by atoms with Crippen LogP contribution in [0.3, 0.4) is 0 Å². The highest BCUT2D eigenvalue weighted by atomic mass is 32.2. The highest BCUT2D eigenvalue weighted by Gasteiger charge is 2.25. The van der Waals surface area contributed by atoms with Gasteiger partial charge in [0.25, 0.3) is 0 Å². The molecule has 0 N–H and O–H groups in total. The molecule has 0 unspecified atom stereocenters. The molecule has 7 heteroatoms. The van der Waals surface area contributed by atoms with Gasteiger partial charge in [0.15, 0.2) is 5.69 Å². The van der Waals surface area contributed by atoms with Gasteiger partial charge in [-0.25, -0.2) is 13.4 Å². The van der Waals surface area contributed by atoms with Gasteiger partial charge in [-0.1, -0.05) is 6.07 Å². The van der Waals surface area contributed by atoms with Crippen molar-refractivity contribution < 1.29 is 8.42 Å². The quantitative estimate of drug-likeness (QED) is 0.853. The zero-order valence-electron chi connectivity index (χ0n) is 11.7. The molecule has 0 atom stereocenters. The van der Waals surface area contributed by atoms with Crippen molar-refractivity contribution >= 4 is 10.0 Å². The van der Waals surface area contributed by atoms with Gasteiger partial charge in [0.1, 0.15) is 11.0 Å². The molecule has 108 valence electrons. The fourth-order valence-electron chi connectivity index (χ4n) is 1.85. The maximum Gasteiger partial charge on any atom is 0.246 e. The second kappa shape index (κ2) is 5.99. The Morgan fingerprint density at radius 1 is 1.29 bits per heavy atom. The first-order chi connectivity index (χ1) is 9.95. The third kappa shape index (κ3) is 3.24. The highest BCUT2D eigenvalue weighted by Crippen LogP contribution is 2.18. The largest absolute Gasteiger partial charge is 0.257 e. The van der Waals surface area contributed by atoms with Gasteiger partial charge >= 0.3 is 0 Å². The number of aromatic nitrogens is 2. The van der Waals surface area contributed by atoms with Crippen LogP contribution in [0.1, 0.15) is 17.1 Å². The lowest BCUT2D eigenvalue weighted by atomic mass is 10.3. The average molecular weight is 302 g/mol. The number of nitrogens with zero attached hydrogens (tertiary/aromatic N) is 4. The van der Waals surface area contributed by atoms with E-state index in [4.69, 9.17) is 5.26 Å². The lowest BCUT2D eigenvalue weighted by Gasteiger charge is -2.17. The van der Waals surface area contributed by atoms with Crippen LogP contribution in [0.2, 0.25) is 0 Å². The Hall–Kier alpha value is -2.30. The first kappa shape index (κ1) is 15.1. The van der Waals surface area contributed by atoms with Gasteiger partial charge in [-0.15, -0.1) is 0 Å². The maximum atomic E-state index is 12.5. The number of pyridine rings is 2. The van der Waals surface area contributed by atoms with Crippen molar-refractivity contribution in [2.75, 3.05) is 7.05 Å². The molecule has 0 fully saturated rings. The summed E-state index contributed by atoms with van der Waals surface area (Å²) in [5.41, 5.74) is 1.35. The molecule has 0 saturated heterocycles. The number of hydrogen-bond acceptors (Lipinski definition) is 5. The van der Waals surface area contributed by atoms with Crippen LogP contribution in [0.25, 0.3) is 0 Å². The minimum absolute atomic E-state index is 0.0948. The minimum atomic E-state index is -3.78. The maximum absolute atomic E-state index is 12.5. The van der Waals surface area contributed by atoms with E-state index in [0.29, 0.717) is 5.69 Å². The summed E-state index contributed by atoms with van der Waals surface area (Å²) in [5.74, 6) is 0. The van der Waals surface area contributed by atoms with Crippen LogP contribution in [-0.2, 0) is 16.6 Å². The molecule has 6 nitrogen and oxygen atoms in total. The Labute approximate surface area is 123 Å². The van der Waals surface area contributed by atoms with Crippen molar-refractivity contribution in [3.8, 4) is 6.07 Å². The molecule has 2 aromatic rings.